The molecule has 1 aromatic heterocycles. The number of rotatable bonds is 6. The summed E-state index contributed by atoms with van der Waals surface area (Å²) in [5.41, 5.74) is 1.21. The normalized spacial score (nSPS) is 25.2. The third kappa shape index (κ3) is 4.54. The average Bonchev–Trinajstić information content (AvgIpc) is 2.66. The van der Waals surface area contributed by atoms with Crippen LogP contribution in [0.2, 0.25) is 5.02 Å². The molecule has 2 saturated carbocycles. The van der Waals surface area contributed by atoms with Crippen molar-refractivity contribution in [2.45, 2.75) is 84.3 Å². The number of halogens is 1. The molecule has 3 nitrogen and oxygen atoms in total. The van der Waals surface area contributed by atoms with Gasteiger partial charge in [0.05, 0.1) is 18.4 Å². The molecule has 0 aliphatic heterocycles. The molecule has 2 aliphatic carbocycles. The molecule has 0 bridgehead atoms. The lowest BCUT2D eigenvalue weighted by molar-refractivity contribution is 0.0290. The molecule has 1 aromatic rings. The maximum atomic E-state index is 6.44. The van der Waals surface area contributed by atoms with Crippen molar-refractivity contribution in [1.29, 1.82) is 0 Å². The minimum Gasteiger partial charge on any atom is -0.489 e. The van der Waals surface area contributed by atoms with Crippen molar-refractivity contribution in [3.8, 4) is 5.75 Å². The van der Waals surface area contributed by atoms with Crippen molar-refractivity contribution < 1.29 is 9.47 Å². The molecule has 0 N–H and O–H groups in total. The summed E-state index contributed by atoms with van der Waals surface area (Å²) in [5.74, 6) is 2.48. The second-order valence-corrected chi connectivity index (χ2v) is 9.13. The lowest BCUT2D eigenvalue weighted by Crippen LogP contribution is -2.38. The summed E-state index contributed by atoms with van der Waals surface area (Å²) in [6, 6.07) is 1.87. The Labute approximate surface area is 163 Å². The van der Waals surface area contributed by atoms with Crippen LogP contribution in [0.4, 0.5) is 0 Å². The van der Waals surface area contributed by atoms with E-state index in [1.54, 1.807) is 13.3 Å². The van der Waals surface area contributed by atoms with Gasteiger partial charge in [-0.15, -0.1) is 0 Å². The molecule has 0 spiro atoms. The van der Waals surface area contributed by atoms with Crippen molar-refractivity contribution >= 4 is 11.6 Å². The van der Waals surface area contributed by atoms with Gasteiger partial charge in [-0.3, -0.25) is 4.98 Å². The van der Waals surface area contributed by atoms with Crippen molar-refractivity contribution in [1.82, 2.24) is 4.98 Å². The molecule has 0 saturated heterocycles. The molecule has 3 rings (SSSR count). The van der Waals surface area contributed by atoms with Crippen LogP contribution in [-0.4, -0.2) is 18.2 Å². The number of methoxy groups -OCH3 is 1. The number of pyridine rings is 1. The molecule has 4 heteroatoms. The summed E-state index contributed by atoms with van der Waals surface area (Å²) in [6.07, 6.45) is 14.0. The molecule has 0 radical (unpaired) electrons. The molecule has 1 heterocycles. The highest BCUT2D eigenvalue weighted by atomic mass is 35.5. The number of nitrogens with zero attached hydrogens (tertiary/aromatic N) is 1. The fraction of sp³-hybridized carbons (Fsp3) is 0.773. The van der Waals surface area contributed by atoms with Gasteiger partial charge in [-0.1, -0.05) is 44.7 Å². The summed E-state index contributed by atoms with van der Waals surface area (Å²) in [6.45, 7) is 5.45. The van der Waals surface area contributed by atoms with Crippen LogP contribution in [0.3, 0.4) is 0 Å². The van der Waals surface area contributed by atoms with E-state index in [2.05, 4.69) is 18.8 Å². The van der Waals surface area contributed by atoms with Crippen LogP contribution in [-0.2, 0) is 11.3 Å². The van der Waals surface area contributed by atoms with Crippen molar-refractivity contribution in [2.75, 3.05) is 7.11 Å². The van der Waals surface area contributed by atoms with Gasteiger partial charge in [0.25, 0.3) is 0 Å². The van der Waals surface area contributed by atoms with Gasteiger partial charge in [0.1, 0.15) is 10.8 Å². The molecule has 0 atom stereocenters. The first-order valence-corrected chi connectivity index (χ1v) is 10.7. The summed E-state index contributed by atoms with van der Waals surface area (Å²) >= 11 is 6.44. The highest BCUT2D eigenvalue weighted by Gasteiger charge is 2.39. The summed E-state index contributed by atoms with van der Waals surface area (Å²) in [4.78, 5) is 4.28. The van der Waals surface area contributed by atoms with E-state index in [0.717, 1.165) is 36.1 Å². The molecule has 2 fully saturated rings. The van der Waals surface area contributed by atoms with E-state index in [1.165, 1.54) is 44.9 Å². The van der Waals surface area contributed by atoms with Crippen LogP contribution in [0.25, 0.3) is 0 Å². The van der Waals surface area contributed by atoms with Crippen LogP contribution in [0, 0.1) is 17.3 Å². The Morgan fingerprint density at radius 1 is 1.04 bits per heavy atom. The third-order valence-electron chi connectivity index (χ3n) is 6.88. The quantitative estimate of drug-likeness (QED) is 0.571. The molecule has 26 heavy (non-hydrogen) atoms. The predicted octanol–water partition coefficient (Wildman–Crippen LogP) is 6.43. The maximum absolute atomic E-state index is 6.44. The van der Waals surface area contributed by atoms with Gasteiger partial charge in [0.15, 0.2) is 0 Å². The first-order valence-electron chi connectivity index (χ1n) is 10.3. The van der Waals surface area contributed by atoms with E-state index < -0.39 is 0 Å². The van der Waals surface area contributed by atoms with Crippen LogP contribution >= 0.6 is 11.6 Å². The van der Waals surface area contributed by atoms with Gasteiger partial charge in [-0.05, 0) is 55.8 Å². The lowest BCUT2D eigenvalue weighted by Gasteiger charge is -2.45. The Morgan fingerprint density at radius 2 is 1.69 bits per heavy atom. The van der Waals surface area contributed by atoms with Gasteiger partial charge in [0, 0.05) is 19.4 Å². The maximum Gasteiger partial charge on any atom is 0.141 e. The smallest absolute Gasteiger partial charge is 0.141 e. The van der Waals surface area contributed by atoms with Gasteiger partial charge in [-0.25, -0.2) is 0 Å². The van der Waals surface area contributed by atoms with Gasteiger partial charge >= 0.3 is 0 Å². The Bertz CT molecular complexity index is 576. The summed E-state index contributed by atoms with van der Waals surface area (Å²) in [5, 5.41) is 0.596. The zero-order chi connectivity index (χ0) is 18.6. The van der Waals surface area contributed by atoms with Crippen molar-refractivity contribution in [2.24, 2.45) is 17.3 Å². The van der Waals surface area contributed by atoms with Crippen LogP contribution in [0.15, 0.2) is 12.3 Å². The minimum atomic E-state index is 0.267. The Balaban J connectivity index is 1.56. The van der Waals surface area contributed by atoms with E-state index in [4.69, 9.17) is 21.1 Å². The fourth-order valence-electron chi connectivity index (χ4n) is 5.08. The van der Waals surface area contributed by atoms with E-state index in [1.807, 2.05) is 6.07 Å². The summed E-state index contributed by atoms with van der Waals surface area (Å²) in [7, 11) is 1.65. The second kappa shape index (κ2) is 8.93. The molecule has 0 aromatic carbocycles. The van der Waals surface area contributed by atoms with E-state index in [-0.39, 0.29) is 6.10 Å². The molecule has 146 valence electrons. The Hall–Kier alpha value is -0.800. The monoisotopic (exact) mass is 379 g/mol. The van der Waals surface area contributed by atoms with E-state index in [9.17, 15) is 0 Å². The standard InChI is InChI=1S/C22H34ClNO2/c1-22(2,16-7-5-4-6-8-16)17-9-11-18(12-10-17)26-20-13-14-24-19(15-25-3)21(20)23/h13-14,16-18H,4-12,15H2,1-3H3. The van der Waals surface area contributed by atoms with E-state index >= 15 is 0 Å². The number of hydrogen-bond acceptors (Lipinski definition) is 3. The van der Waals surface area contributed by atoms with Crippen LogP contribution in [0.5, 0.6) is 5.75 Å². The third-order valence-corrected chi connectivity index (χ3v) is 7.29. The zero-order valence-corrected chi connectivity index (χ0v) is 17.4. The van der Waals surface area contributed by atoms with Crippen molar-refractivity contribution in [3.05, 3.63) is 23.0 Å². The topological polar surface area (TPSA) is 31.4 Å². The van der Waals surface area contributed by atoms with Crippen molar-refractivity contribution in [3.63, 3.8) is 0 Å². The number of aromatic nitrogens is 1. The first-order chi connectivity index (χ1) is 12.5. The average molecular weight is 380 g/mol. The molecular weight excluding hydrogens is 346 g/mol. The highest BCUT2D eigenvalue weighted by molar-refractivity contribution is 6.32. The molecular formula is C22H34ClNO2. The zero-order valence-electron chi connectivity index (χ0n) is 16.6. The highest BCUT2D eigenvalue weighted by Crippen LogP contribution is 2.48. The predicted molar refractivity (Wildman–Crippen MR) is 107 cm³/mol. The first kappa shape index (κ1) is 19.9. The SMILES string of the molecule is COCc1nccc(OC2CCC(C(C)(C)C3CCCCC3)CC2)c1Cl. The van der Waals surface area contributed by atoms with E-state index in [0.29, 0.717) is 17.0 Å². The van der Waals surface area contributed by atoms with Crippen LogP contribution in [0.1, 0.15) is 77.3 Å². The van der Waals surface area contributed by atoms with Gasteiger partial charge in [0.2, 0.25) is 0 Å². The Kier molecular flexibility index (Phi) is 6.85. The largest absolute Gasteiger partial charge is 0.489 e. The fourth-order valence-corrected chi connectivity index (χ4v) is 5.29. The van der Waals surface area contributed by atoms with Crippen LogP contribution < -0.4 is 4.74 Å². The van der Waals surface area contributed by atoms with Gasteiger partial charge < -0.3 is 9.47 Å². The lowest BCUT2D eigenvalue weighted by atomic mass is 9.61. The molecule has 0 unspecified atom stereocenters. The molecule has 0 amide bonds. The minimum absolute atomic E-state index is 0.267. The molecule has 2 aliphatic rings. The summed E-state index contributed by atoms with van der Waals surface area (Å²) < 4.78 is 11.4. The number of hydrogen-bond donors (Lipinski definition) is 0. The van der Waals surface area contributed by atoms with Gasteiger partial charge in [-0.2, -0.15) is 0 Å². The number of ether oxygens (including phenoxy) is 2. The Morgan fingerprint density at radius 3 is 2.35 bits per heavy atom. The second-order valence-electron chi connectivity index (χ2n) is 8.75.